The van der Waals surface area contributed by atoms with Crippen molar-refractivity contribution >= 4 is 0 Å². The lowest BCUT2D eigenvalue weighted by molar-refractivity contribution is 0.634. The molecule has 0 saturated heterocycles. The fourth-order valence-corrected chi connectivity index (χ4v) is 2.70. The zero-order valence-corrected chi connectivity index (χ0v) is 12.9. The van der Waals surface area contributed by atoms with Crippen molar-refractivity contribution in [2.75, 3.05) is 0 Å². The number of nitrogens with zero attached hydrogens (tertiary/aromatic N) is 1. The van der Waals surface area contributed by atoms with Crippen molar-refractivity contribution in [1.82, 2.24) is 9.97 Å². The highest BCUT2D eigenvalue weighted by Crippen LogP contribution is 2.25. The van der Waals surface area contributed by atoms with Gasteiger partial charge in [-0.1, -0.05) is 31.5 Å². The van der Waals surface area contributed by atoms with Crippen molar-refractivity contribution in [2.24, 2.45) is 5.92 Å². The molecule has 0 fully saturated rings. The van der Waals surface area contributed by atoms with Gasteiger partial charge in [0.05, 0.1) is 0 Å². The van der Waals surface area contributed by atoms with E-state index in [9.17, 15) is 4.79 Å². The van der Waals surface area contributed by atoms with E-state index in [0.29, 0.717) is 11.7 Å². The maximum absolute atomic E-state index is 11.9. The summed E-state index contributed by atoms with van der Waals surface area (Å²) in [7, 11) is 0. The molecule has 1 aromatic heterocycles. The Balaban J connectivity index is 2.58. The summed E-state index contributed by atoms with van der Waals surface area (Å²) in [6, 6.07) is 5.84. The Morgan fingerprint density at radius 2 is 1.70 bits per heavy atom. The third-order valence-corrected chi connectivity index (χ3v) is 3.33. The molecule has 2 rings (SSSR count). The molecule has 0 aliphatic carbocycles. The van der Waals surface area contributed by atoms with Gasteiger partial charge in [0, 0.05) is 17.3 Å². The topological polar surface area (TPSA) is 45.8 Å². The molecule has 0 spiro atoms. The summed E-state index contributed by atoms with van der Waals surface area (Å²) < 4.78 is 0. The average Bonchev–Trinajstić information content (AvgIpc) is 2.25. The number of aryl methyl sites for hydroxylation is 3. The van der Waals surface area contributed by atoms with Crippen molar-refractivity contribution in [3.8, 4) is 11.4 Å². The summed E-state index contributed by atoms with van der Waals surface area (Å²) in [5, 5.41) is 0. The van der Waals surface area contributed by atoms with E-state index in [2.05, 4.69) is 56.7 Å². The Morgan fingerprint density at radius 3 is 2.25 bits per heavy atom. The molecule has 1 aromatic carbocycles. The highest BCUT2D eigenvalue weighted by Gasteiger charge is 2.11. The van der Waals surface area contributed by atoms with Gasteiger partial charge in [0.15, 0.2) is 0 Å². The van der Waals surface area contributed by atoms with Gasteiger partial charge in [-0.3, -0.25) is 4.79 Å². The minimum absolute atomic E-state index is 0.0787. The number of aromatic amines is 1. The maximum Gasteiger partial charge on any atom is 0.251 e. The molecule has 0 unspecified atom stereocenters. The second-order valence-electron chi connectivity index (χ2n) is 5.96. The standard InChI is InChI=1S/C17H22N2O/c1-10(2)6-14-9-15(20)19-17(18-14)16-12(4)7-11(3)8-13(16)5/h7-10H,6H2,1-5H3,(H,18,19,20). The van der Waals surface area contributed by atoms with Gasteiger partial charge in [-0.15, -0.1) is 0 Å². The van der Waals surface area contributed by atoms with E-state index < -0.39 is 0 Å². The Hall–Kier alpha value is -1.90. The summed E-state index contributed by atoms with van der Waals surface area (Å²) in [4.78, 5) is 19.4. The van der Waals surface area contributed by atoms with E-state index in [0.717, 1.165) is 28.8 Å². The molecular formula is C17H22N2O. The molecular weight excluding hydrogens is 248 g/mol. The number of nitrogens with one attached hydrogen (secondary N) is 1. The van der Waals surface area contributed by atoms with Gasteiger partial charge in [0.2, 0.25) is 0 Å². The molecule has 2 aromatic rings. The number of hydrogen-bond acceptors (Lipinski definition) is 2. The van der Waals surface area contributed by atoms with Gasteiger partial charge in [-0.25, -0.2) is 4.98 Å². The largest absolute Gasteiger partial charge is 0.306 e. The second-order valence-corrected chi connectivity index (χ2v) is 5.96. The SMILES string of the molecule is Cc1cc(C)c(-c2nc(CC(C)C)cc(=O)[nH]2)c(C)c1. The molecule has 0 aliphatic rings. The zero-order chi connectivity index (χ0) is 14.9. The van der Waals surface area contributed by atoms with Gasteiger partial charge in [0.1, 0.15) is 5.82 Å². The number of hydrogen-bond donors (Lipinski definition) is 1. The summed E-state index contributed by atoms with van der Waals surface area (Å²) in [6.45, 7) is 10.5. The lowest BCUT2D eigenvalue weighted by Gasteiger charge is -2.12. The van der Waals surface area contributed by atoms with E-state index in [1.807, 2.05) is 0 Å². The summed E-state index contributed by atoms with van der Waals surface area (Å²) in [5.74, 6) is 1.17. The summed E-state index contributed by atoms with van der Waals surface area (Å²) in [6.07, 6.45) is 0.820. The van der Waals surface area contributed by atoms with Crippen LogP contribution in [-0.4, -0.2) is 9.97 Å². The molecule has 1 heterocycles. The van der Waals surface area contributed by atoms with Crippen molar-refractivity contribution in [3.63, 3.8) is 0 Å². The van der Waals surface area contributed by atoms with Crippen molar-refractivity contribution in [2.45, 2.75) is 41.0 Å². The second kappa shape index (κ2) is 5.61. The van der Waals surface area contributed by atoms with Crippen LogP contribution in [0.25, 0.3) is 11.4 Å². The Bertz CT molecular complexity index is 661. The van der Waals surface area contributed by atoms with Gasteiger partial charge in [-0.2, -0.15) is 0 Å². The lowest BCUT2D eigenvalue weighted by Crippen LogP contribution is -2.12. The molecule has 0 amide bonds. The van der Waals surface area contributed by atoms with Crippen molar-refractivity contribution in [3.05, 3.63) is 50.9 Å². The van der Waals surface area contributed by atoms with Gasteiger partial charge < -0.3 is 4.98 Å². The molecule has 3 heteroatoms. The van der Waals surface area contributed by atoms with Crippen LogP contribution < -0.4 is 5.56 Å². The van der Waals surface area contributed by atoms with E-state index in [4.69, 9.17) is 0 Å². The predicted octanol–water partition coefficient (Wildman–Crippen LogP) is 3.56. The summed E-state index contributed by atoms with van der Waals surface area (Å²) in [5.41, 5.74) is 5.34. The van der Waals surface area contributed by atoms with Gasteiger partial charge in [-0.05, 0) is 44.2 Å². The van der Waals surface area contributed by atoms with Gasteiger partial charge in [0.25, 0.3) is 5.56 Å². The minimum Gasteiger partial charge on any atom is -0.306 e. The minimum atomic E-state index is -0.0787. The van der Waals surface area contributed by atoms with Crippen LogP contribution in [0.15, 0.2) is 23.0 Å². The molecule has 3 nitrogen and oxygen atoms in total. The number of rotatable bonds is 3. The molecule has 0 atom stereocenters. The van der Waals surface area contributed by atoms with Crippen LogP contribution in [0.1, 0.15) is 36.2 Å². The van der Waals surface area contributed by atoms with Crippen LogP contribution in [-0.2, 0) is 6.42 Å². The van der Waals surface area contributed by atoms with Crippen LogP contribution in [0.4, 0.5) is 0 Å². The molecule has 0 radical (unpaired) electrons. The predicted molar refractivity (Wildman–Crippen MR) is 83.0 cm³/mol. The molecule has 0 aliphatic heterocycles. The van der Waals surface area contributed by atoms with Crippen LogP contribution in [0.5, 0.6) is 0 Å². The average molecular weight is 270 g/mol. The van der Waals surface area contributed by atoms with Crippen LogP contribution in [0, 0.1) is 26.7 Å². The maximum atomic E-state index is 11.9. The molecule has 20 heavy (non-hydrogen) atoms. The number of H-pyrrole nitrogens is 1. The van der Waals surface area contributed by atoms with Crippen LogP contribution in [0.3, 0.4) is 0 Å². The molecule has 106 valence electrons. The highest BCUT2D eigenvalue weighted by atomic mass is 16.1. The highest BCUT2D eigenvalue weighted by molar-refractivity contribution is 5.65. The molecule has 0 bridgehead atoms. The van der Waals surface area contributed by atoms with E-state index in [-0.39, 0.29) is 5.56 Å². The Morgan fingerprint density at radius 1 is 1.10 bits per heavy atom. The fourth-order valence-electron chi connectivity index (χ4n) is 2.70. The number of aromatic nitrogens is 2. The van der Waals surface area contributed by atoms with Crippen LogP contribution >= 0.6 is 0 Å². The first kappa shape index (κ1) is 14.5. The van der Waals surface area contributed by atoms with E-state index >= 15 is 0 Å². The first-order valence-corrected chi connectivity index (χ1v) is 7.05. The zero-order valence-electron chi connectivity index (χ0n) is 12.9. The smallest absolute Gasteiger partial charge is 0.251 e. The van der Waals surface area contributed by atoms with Crippen LogP contribution in [0.2, 0.25) is 0 Å². The van der Waals surface area contributed by atoms with E-state index in [1.54, 1.807) is 6.07 Å². The van der Waals surface area contributed by atoms with E-state index in [1.165, 1.54) is 5.56 Å². The first-order valence-electron chi connectivity index (χ1n) is 7.05. The lowest BCUT2D eigenvalue weighted by atomic mass is 9.99. The molecule has 1 N–H and O–H groups in total. The fraction of sp³-hybridized carbons (Fsp3) is 0.412. The first-order chi connectivity index (χ1) is 9.36. The number of benzene rings is 1. The van der Waals surface area contributed by atoms with Crippen molar-refractivity contribution < 1.29 is 0 Å². The Kier molecular flexibility index (Phi) is 4.07. The Labute approximate surface area is 120 Å². The summed E-state index contributed by atoms with van der Waals surface area (Å²) >= 11 is 0. The monoisotopic (exact) mass is 270 g/mol. The van der Waals surface area contributed by atoms with Crippen molar-refractivity contribution in [1.29, 1.82) is 0 Å². The van der Waals surface area contributed by atoms with Gasteiger partial charge >= 0.3 is 0 Å². The quantitative estimate of drug-likeness (QED) is 0.927. The normalized spacial score (nSPS) is 11.1. The third kappa shape index (κ3) is 3.16. The molecule has 0 saturated carbocycles. The third-order valence-electron chi connectivity index (χ3n) is 3.33.